The summed E-state index contributed by atoms with van der Waals surface area (Å²) in [5.74, 6) is -2.55. The summed E-state index contributed by atoms with van der Waals surface area (Å²) in [6.45, 7) is 4.54. The Hall–Kier alpha value is -2.01. The molecule has 0 aliphatic carbocycles. The van der Waals surface area contributed by atoms with Crippen LogP contribution >= 0.6 is 0 Å². The number of rotatable bonds is 5. The molecule has 0 aromatic heterocycles. The average molecular weight is 295 g/mol. The fourth-order valence-electron chi connectivity index (χ4n) is 1.73. The first-order valence-corrected chi connectivity index (χ1v) is 6.60. The Morgan fingerprint density at radius 2 is 1.71 bits per heavy atom. The van der Waals surface area contributed by atoms with Gasteiger partial charge in [-0.3, -0.25) is 0 Å². The van der Waals surface area contributed by atoms with E-state index in [1.807, 2.05) is 13.8 Å². The molecule has 0 amide bonds. The fourth-order valence-corrected chi connectivity index (χ4v) is 1.73. The molecule has 2 aromatic rings. The summed E-state index contributed by atoms with van der Waals surface area (Å²) in [6, 6.07) is 7.89. The van der Waals surface area contributed by atoms with Gasteiger partial charge in [-0.05, 0) is 29.8 Å². The molecule has 112 valence electrons. The van der Waals surface area contributed by atoms with Crippen molar-refractivity contribution in [3.05, 3.63) is 59.4 Å². The molecule has 21 heavy (non-hydrogen) atoms. The van der Waals surface area contributed by atoms with Crippen LogP contribution in [0.5, 0.6) is 11.5 Å². The first kappa shape index (κ1) is 15.4. The Labute approximate surface area is 121 Å². The second kappa shape index (κ2) is 6.63. The molecule has 0 aliphatic rings. The normalized spacial score (nSPS) is 11.0. The molecule has 0 heterocycles. The summed E-state index contributed by atoms with van der Waals surface area (Å²) in [5.41, 5.74) is 0.777. The van der Waals surface area contributed by atoms with Crippen LogP contribution in [-0.2, 0) is 6.54 Å². The van der Waals surface area contributed by atoms with E-state index in [9.17, 15) is 13.2 Å². The van der Waals surface area contributed by atoms with Gasteiger partial charge in [0.2, 0.25) is 0 Å². The van der Waals surface area contributed by atoms with E-state index in [4.69, 9.17) is 4.74 Å². The van der Waals surface area contributed by atoms with Crippen molar-refractivity contribution in [2.75, 3.05) is 0 Å². The maximum atomic E-state index is 13.9. The highest BCUT2D eigenvalue weighted by Crippen LogP contribution is 2.26. The topological polar surface area (TPSA) is 21.3 Å². The van der Waals surface area contributed by atoms with Gasteiger partial charge in [-0.15, -0.1) is 0 Å². The molecule has 2 nitrogen and oxygen atoms in total. The molecule has 2 rings (SSSR count). The first-order chi connectivity index (χ1) is 9.95. The summed E-state index contributed by atoms with van der Waals surface area (Å²) in [5, 5.41) is 3.17. The molecule has 0 bridgehead atoms. The number of nitrogens with one attached hydrogen (secondary N) is 1. The lowest BCUT2D eigenvalue weighted by Crippen LogP contribution is -2.21. The highest BCUT2D eigenvalue weighted by molar-refractivity contribution is 5.34. The average Bonchev–Trinajstić information content (AvgIpc) is 2.43. The van der Waals surface area contributed by atoms with Gasteiger partial charge in [-0.25, -0.2) is 13.2 Å². The Bertz CT molecular complexity index is 629. The van der Waals surface area contributed by atoms with Crippen LogP contribution in [0.4, 0.5) is 13.2 Å². The SMILES string of the molecule is CC(C)NCc1ccc(Oc2ccc(F)c(F)c2)c(F)c1. The zero-order valence-corrected chi connectivity index (χ0v) is 11.8. The minimum Gasteiger partial charge on any atom is -0.454 e. The third-order valence-corrected chi connectivity index (χ3v) is 2.83. The van der Waals surface area contributed by atoms with E-state index in [2.05, 4.69) is 5.32 Å². The van der Waals surface area contributed by atoms with Crippen molar-refractivity contribution in [2.45, 2.75) is 26.4 Å². The Kier molecular flexibility index (Phi) is 4.85. The van der Waals surface area contributed by atoms with E-state index >= 15 is 0 Å². The molecule has 0 radical (unpaired) electrons. The van der Waals surface area contributed by atoms with Crippen molar-refractivity contribution in [3.63, 3.8) is 0 Å². The predicted octanol–water partition coefficient (Wildman–Crippen LogP) is 4.39. The largest absolute Gasteiger partial charge is 0.454 e. The van der Waals surface area contributed by atoms with Crippen molar-refractivity contribution in [2.24, 2.45) is 0 Å². The highest BCUT2D eigenvalue weighted by Gasteiger charge is 2.09. The van der Waals surface area contributed by atoms with Crippen LogP contribution in [0.3, 0.4) is 0 Å². The maximum Gasteiger partial charge on any atom is 0.166 e. The lowest BCUT2D eigenvalue weighted by Gasteiger charge is -2.11. The molecule has 0 spiro atoms. The minimum absolute atomic E-state index is 0.0331. The quantitative estimate of drug-likeness (QED) is 0.883. The maximum absolute atomic E-state index is 13.9. The van der Waals surface area contributed by atoms with Gasteiger partial charge < -0.3 is 10.1 Å². The van der Waals surface area contributed by atoms with Gasteiger partial charge in [-0.2, -0.15) is 0 Å². The molecule has 0 fully saturated rings. The van der Waals surface area contributed by atoms with Gasteiger partial charge in [-0.1, -0.05) is 19.9 Å². The zero-order chi connectivity index (χ0) is 15.4. The third-order valence-electron chi connectivity index (χ3n) is 2.83. The standard InChI is InChI=1S/C16H16F3NO/c1-10(2)20-9-11-3-6-16(15(19)7-11)21-12-4-5-13(17)14(18)8-12/h3-8,10,20H,9H2,1-2H3. The molecule has 0 saturated carbocycles. The molecule has 0 unspecified atom stereocenters. The van der Waals surface area contributed by atoms with E-state index < -0.39 is 17.5 Å². The minimum atomic E-state index is -1.04. The Balaban J connectivity index is 2.11. The van der Waals surface area contributed by atoms with Crippen LogP contribution < -0.4 is 10.1 Å². The van der Waals surface area contributed by atoms with Crippen molar-refractivity contribution >= 4 is 0 Å². The Morgan fingerprint density at radius 1 is 0.952 bits per heavy atom. The second-order valence-electron chi connectivity index (χ2n) is 4.98. The van der Waals surface area contributed by atoms with E-state index in [0.717, 1.165) is 17.7 Å². The summed E-state index contributed by atoms with van der Waals surface area (Å²) in [7, 11) is 0. The summed E-state index contributed by atoms with van der Waals surface area (Å²) in [4.78, 5) is 0. The summed E-state index contributed by atoms with van der Waals surface area (Å²) in [6.07, 6.45) is 0. The first-order valence-electron chi connectivity index (χ1n) is 6.60. The highest BCUT2D eigenvalue weighted by atomic mass is 19.2. The van der Waals surface area contributed by atoms with Gasteiger partial charge in [0.25, 0.3) is 0 Å². The van der Waals surface area contributed by atoms with Crippen LogP contribution in [0.25, 0.3) is 0 Å². The van der Waals surface area contributed by atoms with Crippen molar-refractivity contribution in [1.29, 1.82) is 0 Å². The molecule has 0 saturated heterocycles. The van der Waals surface area contributed by atoms with Gasteiger partial charge in [0.05, 0.1) is 0 Å². The second-order valence-corrected chi connectivity index (χ2v) is 4.98. The molecule has 1 N–H and O–H groups in total. The number of hydrogen-bond donors (Lipinski definition) is 1. The molecular weight excluding hydrogens is 279 g/mol. The smallest absolute Gasteiger partial charge is 0.166 e. The van der Waals surface area contributed by atoms with Gasteiger partial charge in [0.15, 0.2) is 23.2 Å². The monoisotopic (exact) mass is 295 g/mol. The Morgan fingerprint density at radius 3 is 2.33 bits per heavy atom. The molecule has 2 aromatic carbocycles. The van der Waals surface area contributed by atoms with E-state index in [1.165, 1.54) is 18.2 Å². The third kappa shape index (κ3) is 4.23. The van der Waals surface area contributed by atoms with E-state index in [0.29, 0.717) is 12.6 Å². The number of hydrogen-bond acceptors (Lipinski definition) is 2. The van der Waals surface area contributed by atoms with E-state index in [1.54, 1.807) is 6.07 Å². The molecule has 0 aliphatic heterocycles. The fraction of sp³-hybridized carbons (Fsp3) is 0.250. The van der Waals surface area contributed by atoms with Gasteiger partial charge in [0, 0.05) is 18.7 Å². The van der Waals surface area contributed by atoms with Crippen molar-refractivity contribution in [1.82, 2.24) is 5.32 Å². The predicted molar refractivity (Wildman–Crippen MR) is 74.8 cm³/mol. The molecule has 0 atom stereocenters. The van der Waals surface area contributed by atoms with Crippen LogP contribution in [0, 0.1) is 17.5 Å². The lowest BCUT2D eigenvalue weighted by molar-refractivity contribution is 0.431. The van der Waals surface area contributed by atoms with Gasteiger partial charge in [0.1, 0.15) is 5.75 Å². The zero-order valence-electron chi connectivity index (χ0n) is 11.8. The number of halogens is 3. The van der Waals surface area contributed by atoms with Crippen LogP contribution in [0.2, 0.25) is 0 Å². The molecule has 5 heteroatoms. The molecular formula is C16H16F3NO. The van der Waals surface area contributed by atoms with Gasteiger partial charge >= 0.3 is 0 Å². The van der Waals surface area contributed by atoms with E-state index in [-0.39, 0.29) is 11.5 Å². The number of ether oxygens (including phenoxy) is 1. The summed E-state index contributed by atoms with van der Waals surface area (Å²) >= 11 is 0. The van der Waals surface area contributed by atoms with Crippen LogP contribution in [0.1, 0.15) is 19.4 Å². The van der Waals surface area contributed by atoms with Crippen LogP contribution in [-0.4, -0.2) is 6.04 Å². The lowest BCUT2D eigenvalue weighted by atomic mass is 10.2. The number of benzene rings is 2. The summed E-state index contributed by atoms with van der Waals surface area (Å²) < 4.78 is 45.0. The van der Waals surface area contributed by atoms with Crippen molar-refractivity contribution < 1.29 is 17.9 Å². The van der Waals surface area contributed by atoms with Crippen molar-refractivity contribution in [3.8, 4) is 11.5 Å². The van der Waals surface area contributed by atoms with Crippen LogP contribution in [0.15, 0.2) is 36.4 Å².